The van der Waals surface area contributed by atoms with E-state index in [0.29, 0.717) is 25.5 Å². The fraction of sp³-hybridized carbons (Fsp3) is 0.217. The van der Waals surface area contributed by atoms with E-state index >= 15 is 0 Å². The summed E-state index contributed by atoms with van der Waals surface area (Å²) in [6.45, 7) is 2.86. The highest BCUT2D eigenvalue weighted by Gasteiger charge is 2.07. The van der Waals surface area contributed by atoms with Crippen molar-refractivity contribution in [2.24, 2.45) is 0 Å². The standard InChI is InChI=1S/C23H24N2O3/c1-17-8-9-19(12-21(17)27-2)13-22(26)25-15-20-10-11-24-23(14-20)28-16-18-6-4-3-5-7-18/h3-12,14H,13,15-16H2,1-2H3,(H,25,26). The molecule has 0 saturated heterocycles. The van der Waals surface area contributed by atoms with Gasteiger partial charge in [-0.2, -0.15) is 0 Å². The maximum Gasteiger partial charge on any atom is 0.224 e. The molecule has 5 nitrogen and oxygen atoms in total. The van der Waals surface area contributed by atoms with Gasteiger partial charge in [0.1, 0.15) is 12.4 Å². The molecule has 1 aromatic heterocycles. The molecule has 0 aliphatic rings. The van der Waals surface area contributed by atoms with Crippen molar-refractivity contribution in [2.45, 2.75) is 26.5 Å². The number of rotatable bonds is 8. The topological polar surface area (TPSA) is 60.5 Å². The molecule has 5 heteroatoms. The van der Waals surface area contributed by atoms with Gasteiger partial charge in [0.15, 0.2) is 0 Å². The number of carbonyl (C=O) groups excluding carboxylic acids is 1. The molecule has 1 N–H and O–H groups in total. The number of nitrogens with zero attached hydrogens (tertiary/aromatic N) is 1. The molecule has 28 heavy (non-hydrogen) atoms. The number of pyridine rings is 1. The Hall–Kier alpha value is -3.34. The molecule has 0 bridgehead atoms. The van der Waals surface area contributed by atoms with Crippen molar-refractivity contribution in [3.8, 4) is 11.6 Å². The van der Waals surface area contributed by atoms with Crippen molar-refractivity contribution >= 4 is 5.91 Å². The number of benzene rings is 2. The first-order valence-electron chi connectivity index (χ1n) is 9.16. The lowest BCUT2D eigenvalue weighted by Gasteiger charge is -2.10. The average Bonchev–Trinajstić information content (AvgIpc) is 2.73. The number of carbonyl (C=O) groups is 1. The van der Waals surface area contributed by atoms with E-state index in [1.807, 2.05) is 67.6 Å². The Morgan fingerprint density at radius 3 is 2.61 bits per heavy atom. The zero-order valence-corrected chi connectivity index (χ0v) is 16.1. The molecule has 0 aliphatic carbocycles. The van der Waals surface area contributed by atoms with Gasteiger partial charge in [-0.15, -0.1) is 0 Å². The zero-order valence-electron chi connectivity index (χ0n) is 16.1. The van der Waals surface area contributed by atoms with E-state index in [0.717, 1.165) is 28.0 Å². The van der Waals surface area contributed by atoms with Gasteiger partial charge in [-0.25, -0.2) is 4.98 Å². The second-order valence-corrected chi connectivity index (χ2v) is 6.53. The first-order chi connectivity index (χ1) is 13.6. The molecule has 0 unspecified atom stereocenters. The van der Waals surface area contributed by atoms with E-state index in [2.05, 4.69) is 10.3 Å². The van der Waals surface area contributed by atoms with Crippen LogP contribution in [-0.2, 0) is 24.4 Å². The lowest BCUT2D eigenvalue weighted by atomic mass is 10.1. The number of aryl methyl sites for hydroxylation is 1. The third kappa shape index (κ3) is 5.58. The summed E-state index contributed by atoms with van der Waals surface area (Å²) >= 11 is 0. The van der Waals surface area contributed by atoms with Gasteiger partial charge in [0.2, 0.25) is 11.8 Å². The van der Waals surface area contributed by atoms with Gasteiger partial charge < -0.3 is 14.8 Å². The number of nitrogens with one attached hydrogen (secondary N) is 1. The first-order valence-corrected chi connectivity index (χ1v) is 9.16. The molecule has 2 aromatic carbocycles. The van der Waals surface area contributed by atoms with Gasteiger partial charge in [-0.1, -0.05) is 42.5 Å². The fourth-order valence-electron chi connectivity index (χ4n) is 2.79. The van der Waals surface area contributed by atoms with E-state index in [1.165, 1.54) is 0 Å². The van der Waals surface area contributed by atoms with Gasteiger partial charge in [0.25, 0.3) is 0 Å². The summed E-state index contributed by atoms with van der Waals surface area (Å²) in [7, 11) is 1.63. The lowest BCUT2D eigenvalue weighted by molar-refractivity contribution is -0.120. The van der Waals surface area contributed by atoms with Gasteiger partial charge in [0.05, 0.1) is 13.5 Å². The average molecular weight is 376 g/mol. The SMILES string of the molecule is COc1cc(CC(=O)NCc2ccnc(OCc3ccccc3)c2)ccc1C. The highest BCUT2D eigenvalue weighted by molar-refractivity contribution is 5.78. The molecule has 0 saturated carbocycles. The van der Waals surface area contributed by atoms with Crippen LogP contribution in [0.5, 0.6) is 11.6 Å². The Morgan fingerprint density at radius 2 is 1.82 bits per heavy atom. The molecule has 3 rings (SSSR count). The van der Waals surface area contributed by atoms with Crippen LogP contribution in [0.1, 0.15) is 22.3 Å². The maximum absolute atomic E-state index is 12.3. The molecule has 144 valence electrons. The van der Waals surface area contributed by atoms with Crippen molar-refractivity contribution in [1.29, 1.82) is 0 Å². The van der Waals surface area contributed by atoms with Gasteiger partial charge in [0, 0.05) is 18.8 Å². The predicted octanol–water partition coefficient (Wildman–Crippen LogP) is 3.84. The molecule has 0 fully saturated rings. The normalized spacial score (nSPS) is 10.4. The minimum atomic E-state index is -0.0468. The second-order valence-electron chi connectivity index (χ2n) is 6.53. The number of aromatic nitrogens is 1. The maximum atomic E-state index is 12.3. The number of hydrogen-bond donors (Lipinski definition) is 1. The predicted molar refractivity (Wildman–Crippen MR) is 108 cm³/mol. The molecule has 1 amide bonds. The third-order valence-corrected chi connectivity index (χ3v) is 4.36. The van der Waals surface area contributed by atoms with Crippen molar-refractivity contribution in [3.05, 3.63) is 89.1 Å². The molecule has 0 atom stereocenters. The van der Waals surface area contributed by atoms with E-state index in [4.69, 9.17) is 9.47 Å². The van der Waals surface area contributed by atoms with Crippen molar-refractivity contribution in [1.82, 2.24) is 10.3 Å². The minimum absolute atomic E-state index is 0.0468. The van der Waals surface area contributed by atoms with Gasteiger partial charge in [-0.3, -0.25) is 4.79 Å². The van der Waals surface area contributed by atoms with Gasteiger partial charge in [-0.05, 0) is 41.3 Å². The van der Waals surface area contributed by atoms with Crippen LogP contribution in [0.15, 0.2) is 66.9 Å². The highest BCUT2D eigenvalue weighted by atomic mass is 16.5. The summed E-state index contributed by atoms with van der Waals surface area (Å²) in [5, 5.41) is 2.94. The number of amides is 1. The van der Waals surface area contributed by atoms with E-state index in [9.17, 15) is 4.79 Å². The van der Waals surface area contributed by atoms with Crippen molar-refractivity contribution in [2.75, 3.05) is 7.11 Å². The van der Waals surface area contributed by atoms with Crippen molar-refractivity contribution < 1.29 is 14.3 Å². The largest absolute Gasteiger partial charge is 0.496 e. The Bertz CT molecular complexity index is 926. The van der Waals surface area contributed by atoms with E-state index < -0.39 is 0 Å². The molecule has 0 radical (unpaired) electrons. The number of methoxy groups -OCH3 is 1. The summed E-state index contributed by atoms with van der Waals surface area (Å²) in [5.41, 5.74) is 3.98. The van der Waals surface area contributed by atoms with Crippen LogP contribution in [0.25, 0.3) is 0 Å². The molecule has 0 aliphatic heterocycles. The Balaban J connectivity index is 1.52. The summed E-state index contributed by atoms with van der Waals surface area (Å²) in [6.07, 6.45) is 1.99. The van der Waals surface area contributed by atoms with Crippen LogP contribution in [0.4, 0.5) is 0 Å². The Morgan fingerprint density at radius 1 is 1.00 bits per heavy atom. The summed E-state index contributed by atoms with van der Waals surface area (Å²) in [6, 6.07) is 19.4. The molecule has 0 spiro atoms. The van der Waals surface area contributed by atoms with Crippen LogP contribution in [0.2, 0.25) is 0 Å². The van der Waals surface area contributed by atoms with Crippen LogP contribution in [-0.4, -0.2) is 18.0 Å². The second kappa shape index (κ2) is 9.55. The van der Waals surface area contributed by atoms with E-state index in [1.54, 1.807) is 13.3 Å². The zero-order chi connectivity index (χ0) is 19.8. The van der Waals surface area contributed by atoms with Gasteiger partial charge >= 0.3 is 0 Å². The smallest absolute Gasteiger partial charge is 0.224 e. The molecule has 1 heterocycles. The van der Waals surface area contributed by atoms with Crippen LogP contribution < -0.4 is 14.8 Å². The van der Waals surface area contributed by atoms with Crippen LogP contribution in [0, 0.1) is 6.92 Å². The first kappa shape index (κ1) is 19.4. The number of hydrogen-bond acceptors (Lipinski definition) is 4. The van der Waals surface area contributed by atoms with E-state index in [-0.39, 0.29) is 5.91 Å². The monoisotopic (exact) mass is 376 g/mol. The highest BCUT2D eigenvalue weighted by Crippen LogP contribution is 2.19. The summed E-state index contributed by atoms with van der Waals surface area (Å²) < 4.78 is 11.0. The minimum Gasteiger partial charge on any atom is -0.496 e. The van der Waals surface area contributed by atoms with Crippen molar-refractivity contribution in [3.63, 3.8) is 0 Å². The Labute approximate surface area is 165 Å². The molecular formula is C23H24N2O3. The summed E-state index contributed by atoms with van der Waals surface area (Å²) in [4.78, 5) is 16.5. The lowest BCUT2D eigenvalue weighted by Crippen LogP contribution is -2.24. The van der Waals surface area contributed by atoms with Crippen LogP contribution in [0.3, 0.4) is 0 Å². The molecular weight excluding hydrogens is 352 g/mol. The number of ether oxygens (including phenoxy) is 2. The third-order valence-electron chi connectivity index (χ3n) is 4.36. The fourth-order valence-corrected chi connectivity index (χ4v) is 2.79. The summed E-state index contributed by atoms with van der Waals surface area (Å²) in [5.74, 6) is 1.29. The van der Waals surface area contributed by atoms with Crippen LogP contribution >= 0.6 is 0 Å². The molecule has 3 aromatic rings. The Kier molecular flexibility index (Phi) is 6.63. The quantitative estimate of drug-likeness (QED) is 0.649.